The van der Waals surface area contributed by atoms with Crippen molar-refractivity contribution in [1.29, 1.82) is 15.8 Å². The third-order valence-corrected chi connectivity index (χ3v) is 0.732. The van der Waals surface area contributed by atoms with Gasteiger partial charge in [0.15, 0.2) is 0 Å². The quantitative estimate of drug-likeness (QED) is 0.250. The first kappa shape index (κ1) is 14.5. The molecular formula is C4H3BLiN3O4. The Morgan fingerprint density at radius 3 is 1.77 bits per heavy atom. The monoisotopic (exact) mass is 175 g/mol. The van der Waals surface area contributed by atoms with Crippen LogP contribution in [0.25, 0.3) is 0 Å². The molecule has 0 saturated carbocycles. The van der Waals surface area contributed by atoms with E-state index in [1.165, 1.54) is 18.2 Å². The summed E-state index contributed by atoms with van der Waals surface area (Å²) in [4.78, 5) is 7.48. The van der Waals surface area contributed by atoms with Gasteiger partial charge >= 0.3 is 31.8 Å². The molecule has 0 saturated heterocycles. The number of nitriles is 3. The van der Waals surface area contributed by atoms with E-state index in [0.717, 1.165) is 0 Å². The molecular weight excluding hydrogens is 172 g/mol. The van der Waals surface area contributed by atoms with E-state index in [9.17, 15) is 0 Å². The Morgan fingerprint density at radius 2 is 1.54 bits per heavy atom. The zero-order valence-corrected chi connectivity index (χ0v) is 6.63. The molecule has 0 aliphatic rings. The van der Waals surface area contributed by atoms with Crippen LogP contribution in [0.5, 0.6) is 0 Å². The predicted octanol–water partition coefficient (Wildman–Crippen LogP) is -4.67. The van der Waals surface area contributed by atoms with Crippen molar-refractivity contribution in [2.24, 2.45) is 0 Å². The summed E-state index contributed by atoms with van der Waals surface area (Å²) in [6.07, 6.45) is 0. The van der Waals surface area contributed by atoms with Gasteiger partial charge in [0.25, 0.3) is 0 Å². The van der Waals surface area contributed by atoms with Gasteiger partial charge in [-0.2, -0.15) is 20.7 Å². The maximum Gasteiger partial charge on any atom is 1.00 e. The summed E-state index contributed by atoms with van der Waals surface area (Å²) in [6.45, 7) is 0. The van der Waals surface area contributed by atoms with Crippen LogP contribution in [-0.4, -0.2) is 23.0 Å². The Balaban J connectivity index is -0.000000605. The van der Waals surface area contributed by atoms with Crippen molar-refractivity contribution in [3.05, 3.63) is 0 Å². The number of hydrogen-bond acceptors (Lipinski definition) is 7. The summed E-state index contributed by atoms with van der Waals surface area (Å²) in [5.74, 6) is 0. The average Bonchev–Trinajstić information content (AvgIpc) is 2.08. The van der Waals surface area contributed by atoms with Crippen molar-refractivity contribution in [2.75, 3.05) is 0 Å². The van der Waals surface area contributed by atoms with Gasteiger partial charge in [0.05, 0.1) is 0 Å². The van der Waals surface area contributed by atoms with Crippen molar-refractivity contribution in [1.82, 2.24) is 0 Å². The summed E-state index contributed by atoms with van der Waals surface area (Å²) in [5.41, 5.74) is -2.47. The largest absolute Gasteiger partial charge is 1.00 e. The second kappa shape index (κ2) is 6.48. The molecule has 0 spiro atoms. The van der Waals surface area contributed by atoms with Gasteiger partial charge in [0.1, 0.15) is 18.2 Å². The first-order valence-electron chi connectivity index (χ1n) is 2.54. The van der Waals surface area contributed by atoms with Gasteiger partial charge in [-0.25, -0.2) is 4.81 Å². The minimum Gasteiger partial charge on any atom is -1.00 e. The van der Waals surface area contributed by atoms with Gasteiger partial charge in [0, 0.05) is 0 Å². The molecule has 0 amide bonds. The number of rotatable bonds is 3. The molecule has 0 bridgehead atoms. The van der Waals surface area contributed by atoms with Crippen LogP contribution in [-0.2, 0) is 9.69 Å². The summed E-state index contributed by atoms with van der Waals surface area (Å²) >= 11 is 0. The smallest absolute Gasteiger partial charge is 1.00 e. The Bertz CT molecular complexity index is 246. The van der Waals surface area contributed by atoms with Gasteiger partial charge in [-0.15, -0.1) is 0 Å². The first-order chi connectivity index (χ1) is 5.60. The molecule has 0 aliphatic heterocycles. The van der Waals surface area contributed by atoms with Gasteiger partial charge in [-0.1, -0.05) is 0 Å². The molecule has 0 aromatic carbocycles. The molecule has 0 atom stereocenters. The van der Waals surface area contributed by atoms with E-state index >= 15 is 0 Å². The van der Waals surface area contributed by atoms with Crippen LogP contribution in [0.4, 0.5) is 0 Å². The second-order valence-corrected chi connectivity index (χ2v) is 1.52. The zero-order chi connectivity index (χ0) is 9.61. The Hall–Kier alpha value is -1.03. The van der Waals surface area contributed by atoms with Crippen LogP contribution in [0.15, 0.2) is 0 Å². The minimum atomic E-state index is -2.47. The Morgan fingerprint density at radius 1 is 1.15 bits per heavy atom. The van der Waals surface area contributed by atoms with E-state index in [-0.39, 0.29) is 20.3 Å². The van der Waals surface area contributed by atoms with E-state index < -0.39 is 12.9 Å². The molecule has 13 heavy (non-hydrogen) atoms. The summed E-state index contributed by atoms with van der Waals surface area (Å²) < 4.78 is 0. The van der Waals surface area contributed by atoms with Crippen LogP contribution >= 0.6 is 0 Å². The van der Waals surface area contributed by atoms with Crippen LogP contribution in [0.3, 0.4) is 0 Å². The average molecular weight is 175 g/mol. The maximum absolute atomic E-state index is 8.23. The van der Waals surface area contributed by atoms with Crippen LogP contribution < -0.4 is 18.9 Å². The van der Waals surface area contributed by atoms with E-state index in [1.807, 2.05) is 0 Å². The molecule has 0 rings (SSSR count). The maximum atomic E-state index is 8.23. The van der Waals surface area contributed by atoms with E-state index in [0.29, 0.717) is 0 Å². The van der Waals surface area contributed by atoms with Gasteiger partial charge in [-0.05, 0) is 0 Å². The third kappa shape index (κ3) is 4.52. The standard InChI is InChI=1S/C4H2BN3O4.Li.H/c6-1-4(2-7,3-8)11-12-5(9)10;;/h9-10H;;/q;+1;-1. The molecule has 2 N–H and O–H groups in total. The van der Waals surface area contributed by atoms with Crippen LogP contribution in [0.1, 0.15) is 1.43 Å². The minimum absolute atomic E-state index is 0. The van der Waals surface area contributed by atoms with Crippen molar-refractivity contribution >= 4 is 7.32 Å². The van der Waals surface area contributed by atoms with E-state index in [2.05, 4.69) is 9.69 Å². The molecule has 7 nitrogen and oxygen atoms in total. The molecule has 0 aliphatic carbocycles. The number of hydrogen-bond donors (Lipinski definition) is 2. The fraction of sp³-hybridized carbons (Fsp3) is 0.250. The normalized spacial score (nSPS) is 8.54. The molecule has 0 fully saturated rings. The van der Waals surface area contributed by atoms with Crippen LogP contribution in [0.2, 0.25) is 0 Å². The molecule has 9 heteroatoms. The molecule has 0 unspecified atom stereocenters. The predicted molar refractivity (Wildman–Crippen MR) is 33.0 cm³/mol. The van der Waals surface area contributed by atoms with Crippen molar-refractivity contribution in [3.63, 3.8) is 0 Å². The fourth-order valence-electron chi connectivity index (χ4n) is 0.246. The zero-order valence-electron chi connectivity index (χ0n) is 7.63. The third-order valence-electron chi connectivity index (χ3n) is 0.732. The Labute approximate surface area is 87.5 Å². The van der Waals surface area contributed by atoms with E-state index in [1.54, 1.807) is 0 Å². The fourth-order valence-corrected chi connectivity index (χ4v) is 0.246. The molecule has 0 radical (unpaired) electrons. The van der Waals surface area contributed by atoms with Gasteiger partial charge < -0.3 is 11.5 Å². The summed E-state index contributed by atoms with van der Waals surface area (Å²) in [5, 5.41) is 40.8. The van der Waals surface area contributed by atoms with Crippen molar-refractivity contribution in [2.45, 2.75) is 5.60 Å². The molecule has 0 heterocycles. The summed E-state index contributed by atoms with van der Waals surface area (Å²) in [6, 6.07) is 3.54. The van der Waals surface area contributed by atoms with Gasteiger partial charge in [-0.3, -0.25) is 0 Å². The SMILES string of the molecule is N#CC(C#N)(C#N)OOB(O)O.[H-].[Li+]. The van der Waals surface area contributed by atoms with Gasteiger partial charge in [0.2, 0.25) is 0 Å². The number of nitrogens with zero attached hydrogens (tertiary/aromatic N) is 3. The molecule has 62 valence electrons. The van der Waals surface area contributed by atoms with Crippen molar-refractivity contribution in [3.8, 4) is 18.2 Å². The van der Waals surface area contributed by atoms with E-state index in [4.69, 9.17) is 25.8 Å². The topological polar surface area (TPSA) is 130 Å². The second-order valence-electron chi connectivity index (χ2n) is 1.52. The van der Waals surface area contributed by atoms with Crippen LogP contribution in [0, 0.1) is 34.0 Å². The summed E-state index contributed by atoms with van der Waals surface area (Å²) in [7, 11) is -2.31. The first-order valence-corrected chi connectivity index (χ1v) is 2.54. The molecule has 0 aromatic heterocycles. The molecule has 0 aromatic rings. The Kier molecular flexibility index (Phi) is 7.23. The van der Waals surface area contributed by atoms with Crippen molar-refractivity contribution < 1.29 is 40.0 Å².